The lowest BCUT2D eigenvalue weighted by Gasteiger charge is -2.19. The molecule has 114 valence electrons. The van der Waals surface area contributed by atoms with Gasteiger partial charge in [0.25, 0.3) is 0 Å². The third kappa shape index (κ3) is 3.92. The first-order valence-corrected chi connectivity index (χ1v) is 8.64. The highest BCUT2D eigenvalue weighted by atomic mass is 79.9. The van der Waals surface area contributed by atoms with Crippen LogP contribution < -0.4 is 5.32 Å². The molecule has 2 aromatic rings. The molecule has 0 aliphatic heterocycles. The maximum Gasteiger partial charge on any atom is 0.0942 e. The van der Waals surface area contributed by atoms with E-state index < -0.39 is 0 Å². The Morgan fingerprint density at radius 3 is 2.67 bits per heavy atom. The third-order valence-corrected chi connectivity index (χ3v) is 4.69. The first-order chi connectivity index (χ1) is 10.1. The summed E-state index contributed by atoms with van der Waals surface area (Å²) < 4.78 is 9.87. The van der Waals surface area contributed by atoms with Crippen molar-refractivity contribution >= 4 is 47.8 Å². The van der Waals surface area contributed by atoms with Crippen LogP contribution in [0.25, 0.3) is 0 Å². The standard InChI is InChI=1S/C13H15Br3N4O/c1-17-12(11-9(15)5-8(14)6-18-11)13-10(16)7-19-20(13)3-4-21-2/h5-7,12,17H,3-4H2,1-2H3. The van der Waals surface area contributed by atoms with E-state index in [4.69, 9.17) is 4.74 Å². The molecule has 0 aliphatic carbocycles. The summed E-state index contributed by atoms with van der Waals surface area (Å²) in [5, 5.41) is 7.69. The number of rotatable bonds is 6. The molecule has 1 atom stereocenters. The molecule has 2 heterocycles. The van der Waals surface area contributed by atoms with Crippen LogP contribution in [0.5, 0.6) is 0 Å². The summed E-state index contributed by atoms with van der Waals surface area (Å²) in [7, 11) is 3.58. The molecule has 2 aromatic heterocycles. The van der Waals surface area contributed by atoms with Crippen molar-refractivity contribution in [1.29, 1.82) is 0 Å². The Hall–Kier alpha value is -0.280. The van der Waals surface area contributed by atoms with Crippen LogP contribution in [0.2, 0.25) is 0 Å². The van der Waals surface area contributed by atoms with Crippen LogP contribution in [0.15, 0.2) is 31.9 Å². The second-order valence-electron chi connectivity index (χ2n) is 4.34. The van der Waals surface area contributed by atoms with E-state index in [0.29, 0.717) is 13.2 Å². The van der Waals surface area contributed by atoms with Crippen LogP contribution in [0.4, 0.5) is 0 Å². The number of nitrogens with zero attached hydrogens (tertiary/aromatic N) is 3. The van der Waals surface area contributed by atoms with Crippen LogP contribution >= 0.6 is 47.8 Å². The Kier molecular flexibility index (Phi) is 6.36. The summed E-state index contributed by atoms with van der Waals surface area (Å²) in [5.74, 6) is 0. The average molecular weight is 483 g/mol. The molecule has 0 aliphatic rings. The summed E-state index contributed by atoms with van der Waals surface area (Å²) in [6.07, 6.45) is 3.58. The second kappa shape index (κ2) is 7.82. The molecule has 0 fully saturated rings. The molecule has 0 saturated carbocycles. The van der Waals surface area contributed by atoms with E-state index in [1.165, 1.54) is 0 Å². The van der Waals surface area contributed by atoms with Crippen LogP contribution in [0.1, 0.15) is 17.4 Å². The number of pyridine rings is 1. The predicted molar refractivity (Wildman–Crippen MR) is 92.3 cm³/mol. The van der Waals surface area contributed by atoms with Crippen LogP contribution in [-0.2, 0) is 11.3 Å². The van der Waals surface area contributed by atoms with E-state index in [1.54, 1.807) is 19.5 Å². The van der Waals surface area contributed by atoms with Crippen molar-refractivity contribution in [2.75, 3.05) is 20.8 Å². The van der Waals surface area contributed by atoms with Crippen molar-refractivity contribution in [3.63, 3.8) is 0 Å². The Bertz CT molecular complexity index is 617. The van der Waals surface area contributed by atoms with Crippen molar-refractivity contribution in [3.8, 4) is 0 Å². The van der Waals surface area contributed by atoms with Crippen molar-refractivity contribution < 1.29 is 4.74 Å². The van der Waals surface area contributed by atoms with Gasteiger partial charge < -0.3 is 10.1 Å². The van der Waals surface area contributed by atoms with Crippen LogP contribution in [-0.4, -0.2) is 35.5 Å². The molecule has 0 aromatic carbocycles. The van der Waals surface area contributed by atoms with Crippen molar-refractivity contribution in [2.45, 2.75) is 12.6 Å². The summed E-state index contributed by atoms with van der Waals surface area (Å²) >= 11 is 10.6. The van der Waals surface area contributed by atoms with Crippen molar-refractivity contribution in [1.82, 2.24) is 20.1 Å². The van der Waals surface area contributed by atoms with Crippen LogP contribution in [0.3, 0.4) is 0 Å². The van der Waals surface area contributed by atoms with E-state index in [-0.39, 0.29) is 6.04 Å². The minimum atomic E-state index is -0.0822. The van der Waals surface area contributed by atoms with Crippen molar-refractivity contribution in [2.24, 2.45) is 0 Å². The SMILES string of the molecule is CNC(c1ncc(Br)cc1Br)c1c(Br)cnn1CCOC. The Balaban J connectivity index is 2.43. The number of methoxy groups -OCH3 is 1. The fourth-order valence-corrected chi connectivity index (χ4v) is 3.80. The van der Waals surface area contributed by atoms with E-state index >= 15 is 0 Å². The topological polar surface area (TPSA) is 52.0 Å². The summed E-state index contributed by atoms with van der Waals surface area (Å²) in [6, 6.07) is 1.90. The van der Waals surface area contributed by atoms with E-state index in [9.17, 15) is 0 Å². The largest absolute Gasteiger partial charge is 0.383 e. The molecule has 21 heavy (non-hydrogen) atoms. The highest BCUT2D eigenvalue weighted by Gasteiger charge is 2.23. The zero-order valence-electron chi connectivity index (χ0n) is 11.6. The number of hydrogen-bond acceptors (Lipinski definition) is 4. The van der Waals surface area contributed by atoms with Gasteiger partial charge in [-0.2, -0.15) is 5.10 Å². The molecular weight excluding hydrogens is 468 g/mol. The fraction of sp³-hybridized carbons (Fsp3) is 0.385. The zero-order chi connectivity index (χ0) is 15.4. The van der Waals surface area contributed by atoms with Gasteiger partial charge in [0.15, 0.2) is 0 Å². The third-order valence-electron chi connectivity index (χ3n) is 3.01. The van der Waals surface area contributed by atoms with Gasteiger partial charge in [0.1, 0.15) is 0 Å². The highest BCUT2D eigenvalue weighted by Crippen LogP contribution is 2.32. The molecule has 1 unspecified atom stereocenters. The molecular formula is C13H15Br3N4O. The van der Waals surface area contributed by atoms with E-state index in [2.05, 4.69) is 63.2 Å². The molecule has 5 nitrogen and oxygen atoms in total. The quantitative estimate of drug-likeness (QED) is 0.684. The van der Waals surface area contributed by atoms with Crippen LogP contribution in [0, 0.1) is 0 Å². The smallest absolute Gasteiger partial charge is 0.0942 e. The molecule has 8 heteroatoms. The second-order valence-corrected chi connectivity index (χ2v) is 6.96. The van der Waals surface area contributed by atoms with Gasteiger partial charge in [0, 0.05) is 22.3 Å². The molecule has 2 rings (SSSR count). The molecule has 0 saturated heterocycles. The maximum absolute atomic E-state index is 5.14. The molecule has 0 spiro atoms. The number of ether oxygens (including phenoxy) is 1. The van der Waals surface area contributed by atoms with Gasteiger partial charge in [0.05, 0.1) is 41.3 Å². The van der Waals surface area contributed by atoms with Gasteiger partial charge in [-0.15, -0.1) is 0 Å². The normalized spacial score (nSPS) is 12.6. The van der Waals surface area contributed by atoms with Gasteiger partial charge in [-0.05, 0) is 60.9 Å². The van der Waals surface area contributed by atoms with Gasteiger partial charge in [-0.3, -0.25) is 9.67 Å². The number of hydrogen-bond donors (Lipinski definition) is 1. The lowest BCUT2D eigenvalue weighted by molar-refractivity contribution is 0.182. The Labute approximate surface area is 148 Å². The van der Waals surface area contributed by atoms with Gasteiger partial charge in [0.2, 0.25) is 0 Å². The van der Waals surface area contributed by atoms with Gasteiger partial charge in [-0.1, -0.05) is 0 Å². The maximum atomic E-state index is 5.14. The Morgan fingerprint density at radius 2 is 2.05 bits per heavy atom. The molecule has 0 amide bonds. The summed E-state index contributed by atoms with van der Waals surface area (Å²) in [6.45, 7) is 1.29. The van der Waals surface area contributed by atoms with Gasteiger partial charge >= 0.3 is 0 Å². The predicted octanol–water partition coefficient (Wildman–Crippen LogP) is 3.52. The minimum absolute atomic E-state index is 0.0822. The monoisotopic (exact) mass is 480 g/mol. The molecule has 1 N–H and O–H groups in total. The highest BCUT2D eigenvalue weighted by molar-refractivity contribution is 9.11. The number of aromatic nitrogens is 3. The summed E-state index contributed by atoms with van der Waals surface area (Å²) in [4.78, 5) is 4.52. The number of halogens is 3. The first-order valence-electron chi connectivity index (χ1n) is 6.26. The molecule has 0 radical (unpaired) electrons. The Morgan fingerprint density at radius 1 is 1.29 bits per heavy atom. The summed E-state index contributed by atoms with van der Waals surface area (Å²) in [5.41, 5.74) is 1.92. The lowest BCUT2D eigenvalue weighted by atomic mass is 10.1. The number of nitrogens with one attached hydrogen (secondary N) is 1. The zero-order valence-corrected chi connectivity index (χ0v) is 16.4. The lowest BCUT2D eigenvalue weighted by Crippen LogP contribution is -2.24. The fourth-order valence-electron chi connectivity index (χ4n) is 2.06. The molecule has 0 bridgehead atoms. The van der Waals surface area contributed by atoms with Gasteiger partial charge in [-0.25, -0.2) is 0 Å². The first kappa shape index (κ1) is 17.1. The average Bonchev–Trinajstić information content (AvgIpc) is 2.81. The van der Waals surface area contributed by atoms with E-state index in [0.717, 1.165) is 24.8 Å². The minimum Gasteiger partial charge on any atom is -0.383 e. The van der Waals surface area contributed by atoms with E-state index in [1.807, 2.05) is 17.8 Å². The van der Waals surface area contributed by atoms with Crippen molar-refractivity contribution in [3.05, 3.63) is 43.3 Å².